The van der Waals surface area contributed by atoms with Crippen molar-refractivity contribution in [1.82, 2.24) is 0 Å². The lowest BCUT2D eigenvalue weighted by Gasteiger charge is -2.65. The Morgan fingerprint density at radius 2 is 2.15 bits per heavy atom. The number of fused-ring (bicyclic) bond motifs is 1. The van der Waals surface area contributed by atoms with Crippen molar-refractivity contribution in [2.24, 2.45) is 17.1 Å². The topological polar surface area (TPSA) is 82.8 Å². The zero-order chi connectivity index (χ0) is 18.1. The van der Waals surface area contributed by atoms with E-state index < -0.39 is 11.0 Å². The summed E-state index contributed by atoms with van der Waals surface area (Å²) < 4.78 is 16.4. The Kier molecular flexibility index (Phi) is 6.55. The van der Waals surface area contributed by atoms with E-state index in [1.54, 1.807) is 13.2 Å². The summed E-state index contributed by atoms with van der Waals surface area (Å²) in [5, 5.41) is 2.97. The zero-order valence-electron chi connectivity index (χ0n) is 15.6. The van der Waals surface area contributed by atoms with Gasteiger partial charge in [0.1, 0.15) is 17.9 Å². The predicted molar refractivity (Wildman–Crippen MR) is 103 cm³/mol. The van der Waals surface area contributed by atoms with Gasteiger partial charge in [0.05, 0.1) is 12.7 Å². The van der Waals surface area contributed by atoms with Crippen molar-refractivity contribution in [2.45, 2.75) is 38.3 Å². The second kappa shape index (κ2) is 8.13. The lowest BCUT2D eigenvalue weighted by atomic mass is 9.46. The Hall–Kier alpha value is -1.34. The van der Waals surface area contributed by atoms with Gasteiger partial charge in [0.2, 0.25) is 5.91 Å². The first-order chi connectivity index (χ1) is 11.9. The Morgan fingerprint density at radius 1 is 1.38 bits per heavy atom. The number of hydrogen-bond donors (Lipinski definition) is 2. The van der Waals surface area contributed by atoms with Gasteiger partial charge in [-0.05, 0) is 25.0 Å². The molecule has 1 aromatic carbocycles. The number of amides is 1. The van der Waals surface area contributed by atoms with Crippen LogP contribution in [-0.2, 0) is 14.3 Å². The molecule has 7 heteroatoms. The fraction of sp³-hybridized carbons (Fsp3) is 0.632. The van der Waals surface area contributed by atoms with Crippen LogP contribution in [0.25, 0.3) is 0 Å². The van der Waals surface area contributed by atoms with Crippen LogP contribution in [0.3, 0.4) is 0 Å². The minimum Gasteiger partial charge on any atom is -0.491 e. The van der Waals surface area contributed by atoms with E-state index in [1.165, 1.54) is 0 Å². The lowest BCUT2D eigenvalue weighted by molar-refractivity contribution is -0.222. The average molecular weight is 385 g/mol. The van der Waals surface area contributed by atoms with Crippen LogP contribution in [-0.4, -0.2) is 44.5 Å². The van der Waals surface area contributed by atoms with E-state index in [2.05, 4.69) is 5.32 Å². The normalized spacial score (nSPS) is 28.9. The van der Waals surface area contributed by atoms with Gasteiger partial charge in [0, 0.05) is 36.8 Å². The number of nitrogens with one attached hydrogen (secondary N) is 1. The summed E-state index contributed by atoms with van der Waals surface area (Å²) in [7, 11) is 1.63. The molecule has 26 heavy (non-hydrogen) atoms. The molecule has 1 heterocycles. The summed E-state index contributed by atoms with van der Waals surface area (Å²) in [6.07, 6.45) is 1.94. The number of hydrogen-bond acceptors (Lipinski definition) is 5. The smallest absolute Gasteiger partial charge is 0.245 e. The highest BCUT2D eigenvalue weighted by Gasteiger charge is 2.70. The van der Waals surface area contributed by atoms with E-state index in [-0.39, 0.29) is 30.3 Å². The molecule has 2 fully saturated rings. The first-order valence-electron chi connectivity index (χ1n) is 8.85. The maximum atomic E-state index is 13.0. The van der Waals surface area contributed by atoms with E-state index in [1.807, 2.05) is 32.0 Å². The number of methoxy groups -OCH3 is 1. The molecule has 2 aliphatic rings. The summed E-state index contributed by atoms with van der Waals surface area (Å²) in [6.45, 7) is 5.76. The van der Waals surface area contributed by atoms with E-state index in [0.29, 0.717) is 24.7 Å². The molecule has 6 nitrogen and oxygen atoms in total. The molecule has 146 valence electrons. The van der Waals surface area contributed by atoms with Crippen molar-refractivity contribution in [3.8, 4) is 5.75 Å². The van der Waals surface area contributed by atoms with Gasteiger partial charge in [-0.25, -0.2) is 0 Å². The molecule has 0 aromatic heterocycles. The van der Waals surface area contributed by atoms with Crippen molar-refractivity contribution < 1.29 is 19.0 Å². The van der Waals surface area contributed by atoms with Crippen LogP contribution in [0, 0.1) is 11.3 Å². The van der Waals surface area contributed by atoms with E-state index in [4.69, 9.17) is 19.9 Å². The van der Waals surface area contributed by atoms with Gasteiger partial charge in [-0.1, -0.05) is 19.9 Å². The Labute approximate surface area is 161 Å². The maximum absolute atomic E-state index is 13.0. The van der Waals surface area contributed by atoms with Gasteiger partial charge < -0.3 is 25.3 Å². The number of anilines is 1. The fourth-order valence-electron chi connectivity index (χ4n) is 4.18. The Bertz CT molecular complexity index is 640. The van der Waals surface area contributed by atoms with Gasteiger partial charge in [-0.2, -0.15) is 0 Å². The van der Waals surface area contributed by atoms with Gasteiger partial charge in [0.25, 0.3) is 0 Å². The first-order valence-corrected chi connectivity index (χ1v) is 8.85. The van der Waals surface area contributed by atoms with Gasteiger partial charge >= 0.3 is 0 Å². The highest BCUT2D eigenvalue weighted by atomic mass is 35.5. The molecular formula is C19H29ClN2O4. The van der Waals surface area contributed by atoms with Crippen LogP contribution in [0.2, 0.25) is 0 Å². The molecule has 1 aromatic rings. The molecule has 3 N–H and O–H groups in total. The van der Waals surface area contributed by atoms with Gasteiger partial charge in [-0.15, -0.1) is 12.4 Å². The zero-order valence-corrected chi connectivity index (χ0v) is 16.4. The monoisotopic (exact) mass is 384 g/mol. The molecule has 0 spiro atoms. The molecule has 3 rings (SSSR count). The molecule has 1 aliphatic carbocycles. The summed E-state index contributed by atoms with van der Waals surface area (Å²) in [5.74, 6) is 0.600. The van der Waals surface area contributed by atoms with Gasteiger partial charge in [-0.3, -0.25) is 4.79 Å². The van der Waals surface area contributed by atoms with Crippen molar-refractivity contribution in [3.63, 3.8) is 0 Å². The van der Waals surface area contributed by atoms with Crippen LogP contribution < -0.4 is 15.8 Å². The molecule has 0 bridgehead atoms. The largest absolute Gasteiger partial charge is 0.491 e. The van der Waals surface area contributed by atoms with Crippen LogP contribution in [0.15, 0.2) is 24.3 Å². The number of rotatable bonds is 6. The quantitative estimate of drug-likeness (QED) is 0.736. The van der Waals surface area contributed by atoms with Gasteiger partial charge in [0.15, 0.2) is 0 Å². The number of nitrogens with two attached hydrogens (primary N) is 1. The number of carbonyl (C=O) groups excluding carboxylic acids is 1. The SMILES string of the molecule is COCCOc1cccc(NC(=O)C2(N)C3CCCOC3C2(C)C)c1.Cl. The Morgan fingerprint density at radius 3 is 2.88 bits per heavy atom. The number of ether oxygens (including phenoxy) is 3. The number of benzene rings is 1. The third kappa shape index (κ3) is 3.43. The van der Waals surface area contributed by atoms with Crippen LogP contribution in [0.1, 0.15) is 26.7 Å². The van der Waals surface area contributed by atoms with E-state index in [0.717, 1.165) is 19.4 Å². The standard InChI is InChI=1S/C19H28N2O4.ClH/c1-18(2)16-15(8-5-9-25-16)19(18,20)17(22)21-13-6-4-7-14(12-13)24-11-10-23-3;/h4,6-7,12,15-16H,5,8-11,20H2,1-3H3,(H,21,22);1H. The van der Waals surface area contributed by atoms with Crippen molar-refractivity contribution >= 4 is 24.0 Å². The minimum atomic E-state index is -0.926. The molecule has 3 unspecified atom stereocenters. The molecule has 1 aliphatic heterocycles. The average Bonchev–Trinajstić information content (AvgIpc) is 2.61. The van der Waals surface area contributed by atoms with Crippen molar-refractivity contribution in [3.05, 3.63) is 24.3 Å². The number of halogens is 1. The highest BCUT2D eigenvalue weighted by Crippen LogP contribution is 2.57. The van der Waals surface area contributed by atoms with Crippen LogP contribution in [0.5, 0.6) is 5.75 Å². The minimum absolute atomic E-state index is 0. The third-order valence-electron chi connectivity index (χ3n) is 5.71. The van der Waals surface area contributed by atoms with Crippen molar-refractivity contribution in [1.29, 1.82) is 0 Å². The molecule has 0 radical (unpaired) electrons. The van der Waals surface area contributed by atoms with Crippen molar-refractivity contribution in [2.75, 3.05) is 32.2 Å². The second-order valence-corrected chi connectivity index (χ2v) is 7.45. The van der Waals surface area contributed by atoms with Crippen LogP contribution >= 0.6 is 12.4 Å². The molecule has 3 atom stereocenters. The van der Waals surface area contributed by atoms with E-state index in [9.17, 15) is 4.79 Å². The predicted octanol–water partition coefficient (Wildman–Crippen LogP) is 2.60. The number of carbonyl (C=O) groups is 1. The summed E-state index contributed by atoms with van der Waals surface area (Å²) in [4.78, 5) is 13.0. The molecule has 1 amide bonds. The Balaban J connectivity index is 0.00000243. The van der Waals surface area contributed by atoms with E-state index >= 15 is 0 Å². The lowest BCUT2D eigenvalue weighted by Crippen LogP contribution is -2.81. The summed E-state index contributed by atoms with van der Waals surface area (Å²) in [5.41, 5.74) is 5.98. The molecule has 1 saturated carbocycles. The first kappa shape index (κ1) is 21.0. The third-order valence-corrected chi connectivity index (χ3v) is 5.71. The molecular weight excluding hydrogens is 356 g/mol. The highest BCUT2D eigenvalue weighted by molar-refractivity contribution is 6.00. The second-order valence-electron chi connectivity index (χ2n) is 7.45. The summed E-state index contributed by atoms with van der Waals surface area (Å²) >= 11 is 0. The van der Waals surface area contributed by atoms with Crippen LogP contribution in [0.4, 0.5) is 5.69 Å². The fourth-order valence-corrected chi connectivity index (χ4v) is 4.18. The summed E-state index contributed by atoms with van der Waals surface area (Å²) in [6, 6.07) is 7.34. The maximum Gasteiger partial charge on any atom is 0.245 e. The molecule has 1 saturated heterocycles.